The third-order valence-corrected chi connectivity index (χ3v) is 3.84. The Kier molecular flexibility index (Phi) is 10.5. The summed E-state index contributed by atoms with van der Waals surface area (Å²) in [7, 11) is 0. The molecule has 0 unspecified atom stereocenters. The van der Waals surface area contributed by atoms with Crippen molar-refractivity contribution in [2.75, 3.05) is 38.6 Å². The lowest BCUT2D eigenvalue weighted by molar-refractivity contribution is 0.152. The first-order valence-electron chi connectivity index (χ1n) is 7.74. The number of hydrogen-bond donors (Lipinski definition) is 2. The first-order chi connectivity index (χ1) is 10.8. The number of hydrogen-bond acceptors (Lipinski definition) is 3. The highest BCUT2D eigenvalue weighted by Crippen LogP contribution is 2.18. The van der Waals surface area contributed by atoms with E-state index in [-0.39, 0.29) is 5.82 Å². The Balaban J connectivity index is 2.20. The first-order valence-corrected chi connectivity index (χ1v) is 8.73. The van der Waals surface area contributed by atoms with Crippen LogP contribution in [0.2, 0.25) is 0 Å². The lowest BCUT2D eigenvalue weighted by Gasteiger charge is -2.11. The summed E-state index contributed by atoms with van der Waals surface area (Å²) in [5.41, 5.74) is 0. The van der Waals surface area contributed by atoms with Crippen LogP contribution in [0.5, 0.6) is 0 Å². The van der Waals surface area contributed by atoms with Gasteiger partial charge in [0.25, 0.3) is 0 Å². The van der Waals surface area contributed by atoms with Crippen LogP contribution < -0.4 is 10.6 Å². The molecule has 0 aromatic heterocycles. The summed E-state index contributed by atoms with van der Waals surface area (Å²) in [6, 6.07) is 6.60. The molecule has 0 bridgehead atoms. The molecular weight excluding hydrogens is 301 g/mol. The molecule has 1 aromatic carbocycles. The number of nitrogens with zero attached hydrogens (tertiary/aromatic N) is 1. The molecule has 0 radical (unpaired) electrons. The minimum atomic E-state index is -0.192. The van der Waals surface area contributed by atoms with Crippen LogP contribution in [0.3, 0.4) is 0 Å². The van der Waals surface area contributed by atoms with Crippen LogP contribution in [0.25, 0.3) is 0 Å². The van der Waals surface area contributed by atoms with Gasteiger partial charge in [0.05, 0.1) is 6.61 Å². The van der Waals surface area contributed by atoms with Crippen LogP contribution in [0.4, 0.5) is 4.39 Å². The summed E-state index contributed by atoms with van der Waals surface area (Å²) in [6.45, 7) is 7.80. The Morgan fingerprint density at radius 1 is 1.23 bits per heavy atom. The lowest BCUT2D eigenvalue weighted by atomic mass is 10.4. The first kappa shape index (κ1) is 18.8. The average molecular weight is 327 g/mol. The van der Waals surface area contributed by atoms with Gasteiger partial charge in [-0.05, 0) is 50.3 Å². The van der Waals surface area contributed by atoms with E-state index in [4.69, 9.17) is 4.74 Å². The van der Waals surface area contributed by atoms with Crippen LogP contribution in [0, 0.1) is 5.82 Å². The van der Waals surface area contributed by atoms with Crippen molar-refractivity contribution in [3.05, 3.63) is 30.1 Å². The highest BCUT2D eigenvalue weighted by molar-refractivity contribution is 7.99. The van der Waals surface area contributed by atoms with E-state index in [1.54, 1.807) is 11.8 Å². The molecule has 6 heteroatoms. The molecule has 0 aliphatic carbocycles. The van der Waals surface area contributed by atoms with Crippen molar-refractivity contribution in [3.8, 4) is 0 Å². The minimum Gasteiger partial charge on any atom is -0.380 e. The fourth-order valence-electron chi connectivity index (χ4n) is 1.70. The normalized spacial score (nSPS) is 11.5. The number of guanidine groups is 1. The van der Waals surface area contributed by atoms with Gasteiger partial charge in [0.15, 0.2) is 5.96 Å². The number of thioether (sulfide) groups is 1. The van der Waals surface area contributed by atoms with E-state index >= 15 is 0 Å². The van der Waals surface area contributed by atoms with Gasteiger partial charge in [0.1, 0.15) is 5.82 Å². The van der Waals surface area contributed by atoms with Crippen molar-refractivity contribution in [2.24, 2.45) is 4.99 Å². The average Bonchev–Trinajstić information content (AvgIpc) is 2.53. The molecule has 0 fully saturated rings. The topological polar surface area (TPSA) is 45.7 Å². The molecule has 4 nitrogen and oxygen atoms in total. The number of aliphatic imine (C=N–C) groups is 1. The number of benzene rings is 1. The van der Waals surface area contributed by atoms with Gasteiger partial charge in [-0.2, -0.15) is 0 Å². The monoisotopic (exact) mass is 327 g/mol. The van der Waals surface area contributed by atoms with Gasteiger partial charge in [-0.1, -0.05) is 0 Å². The second-order valence-electron chi connectivity index (χ2n) is 4.54. The Morgan fingerprint density at radius 3 is 2.68 bits per heavy atom. The second kappa shape index (κ2) is 12.3. The van der Waals surface area contributed by atoms with Crippen molar-refractivity contribution in [3.63, 3.8) is 0 Å². The van der Waals surface area contributed by atoms with E-state index in [1.165, 1.54) is 12.1 Å². The zero-order valence-electron chi connectivity index (χ0n) is 13.4. The van der Waals surface area contributed by atoms with E-state index in [1.807, 2.05) is 26.0 Å². The molecule has 0 heterocycles. The highest BCUT2D eigenvalue weighted by atomic mass is 32.2. The van der Waals surface area contributed by atoms with E-state index in [2.05, 4.69) is 15.6 Å². The van der Waals surface area contributed by atoms with Gasteiger partial charge in [-0.25, -0.2) is 4.39 Å². The summed E-state index contributed by atoms with van der Waals surface area (Å²) in [5.74, 6) is 1.60. The SMILES string of the molecule is CCNC(=NCCCSc1ccc(F)cc1)NCCOCC. The van der Waals surface area contributed by atoms with E-state index in [0.29, 0.717) is 6.61 Å². The molecule has 124 valence electrons. The molecular formula is C16H26FN3OS. The van der Waals surface area contributed by atoms with Crippen LogP contribution in [0.15, 0.2) is 34.2 Å². The minimum absolute atomic E-state index is 0.192. The Labute approximate surface area is 136 Å². The number of nitrogens with one attached hydrogen (secondary N) is 2. The van der Waals surface area contributed by atoms with Gasteiger partial charge in [-0.15, -0.1) is 11.8 Å². The molecule has 22 heavy (non-hydrogen) atoms. The molecule has 1 aromatic rings. The van der Waals surface area contributed by atoms with Crippen LogP contribution >= 0.6 is 11.8 Å². The van der Waals surface area contributed by atoms with Crippen molar-refractivity contribution in [1.82, 2.24) is 10.6 Å². The Morgan fingerprint density at radius 2 is 2.00 bits per heavy atom. The van der Waals surface area contributed by atoms with Gasteiger partial charge in [0, 0.05) is 31.1 Å². The molecule has 2 N–H and O–H groups in total. The molecule has 0 aliphatic rings. The smallest absolute Gasteiger partial charge is 0.191 e. The number of halogens is 1. The van der Waals surface area contributed by atoms with Crippen LogP contribution in [-0.4, -0.2) is 44.6 Å². The van der Waals surface area contributed by atoms with Crippen molar-refractivity contribution < 1.29 is 9.13 Å². The third kappa shape index (κ3) is 8.89. The molecule has 0 saturated heterocycles. The Bertz CT molecular complexity index is 426. The number of ether oxygens (including phenoxy) is 1. The van der Waals surface area contributed by atoms with Crippen molar-refractivity contribution >= 4 is 17.7 Å². The molecule has 1 rings (SSSR count). The fourth-order valence-corrected chi connectivity index (χ4v) is 2.54. The quantitative estimate of drug-likeness (QED) is 0.300. The maximum absolute atomic E-state index is 12.8. The summed E-state index contributed by atoms with van der Waals surface area (Å²) in [4.78, 5) is 5.61. The molecule has 0 amide bonds. The predicted octanol–water partition coefficient (Wildman–Crippen LogP) is 2.90. The van der Waals surface area contributed by atoms with Gasteiger partial charge < -0.3 is 15.4 Å². The largest absolute Gasteiger partial charge is 0.380 e. The highest BCUT2D eigenvalue weighted by Gasteiger charge is 1.97. The Hall–Kier alpha value is -1.27. The van der Waals surface area contributed by atoms with Crippen LogP contribution in [0.1, 0.15) is 20.3 Å². The maximum Gasteiger partial charge on any atom is 0.191 e. The van der Waals surface area contributed by atoms with Crippen molar-refractivity contribution in [2.45, 2.75) is 25.2 Å². The zero-order valence-corrected chi connectivity index (χ0v) is 14.2. The van der Waals surface area contributed by atoms with E-state index < -0.39 is 0 Å². The molecule has 0 aliphatic heterocycles. The molecule has 0 atom stereocenters. The lowest BCUT2D eigenvalue weighted by Crippen LogP contribution is -2.39. The fraction of sp³-hybridized carbons (Fsp3) is 0.562. The van der Waals surface area contributed by atoms with E-state index in [0.717, 1.165) is 49.3 Å². The summed E-state index contributed by atoms with van der Waals surface area (Å²) < 4.78 is 18.1. The van der Waals surface area contributed by atoms with Gasteiger partial charge in [0.2, 0.25) is 0 Å². The second-order valence-corrected chi connectivity index (χ2v) is 5.71. The zero-order chi connectivity index (χ0) is 16.0. The van der Waals surface area contributed by atoms with Crippen LogP contribution in [-0.2, 0) is 4.74 Å². The number of rotatable bonds is 10. The standard InChI is InChI=1S/C16H26FN3OS/c1-3-18-16(20-11-12-21-4-2)19-10-5-13-22-15-8-6-14(17)7-9-15/h6-9H,3-5,10-13H2,1-2H3,(H2,18,19,20). The summed E-state index contributed by atoms with van der Waals surface area (Å²) >= 11 is 1.72. The van der Waals surface area contributed by atoms with E-state index in [9.17, 15) is 4.39 Å². The van der Waals surface area contributed by atoms with Gasteiger partial charge >= 0.3 is 0 Å². The summed E-state index contributed by atoms with van der Waals surface area (Å²) in [5, 5.41) is 6.44. The van der Waals surface area contributed by atoms with Gasteiger partial charge in [-0.3, -0.25) is 4.99 Å². The predicted molar refractivity (Wildman–Crippen MR) is 92.2 cm³/mol. The molecule has 0 spiro atoms. The van der Waals surface area contributed by atoms with Crippen molar-refractivity contribution in [1.29, 1.82) is 0 Å². The molecule has 0 saturated carbocycles. The third-order valence-electron chi connectivity index (χ3n) is 2.74. The summed E-state index contributed by atoms with van der Waals surface area (Å²) in [6.07, 6.45) is 0.976. The maximum atomic E-state index is 12.8.